The van der Waals surface area contributed by atoms with Gasteiger partial charge in [0.05, 0.1) is 0 Å². The highest BCUT2D eigenvalue weighted by Gasteiger charge is 2.18. The number of phenols is 1. The van der Waals surface area contributed by atoms with Gasteiger partial charge >= 0.3 is 5.97 Å². The van der Waals surface area contributed by atoms with Crippen LogP contribution in [0.25, 0.3) is 0 Å². The molecule has 6 heteroatoms. The number of aromatic hydroxyl groups is 1. The van der Waals surface area contributed by atoms with Crippen molar-refractivity contribution in [1.29, 1.82) is 0 Å². The average molecular weight is 217 g/mol. The van der Waals surface area contributed by atoms with Crippen LogP contribution in [0.2, 0.25) is 0 Å². The van der Waals surface area contributed by atoms with Gasteiger partial charge in [0.25, 0.3) is 0 Å². The summed E-state index contributed by atoms with van der Waals surface area (Å²) in [6.07, 6.45) is -0.465. The third-order valence-corrected chi connectivity index (χ3v) is 1.87. The molecule has 0 aliphatic heterocycles. The first-order valence-corrected chi connectivity index (χ1v) is 4.07. The normalized spacial score (nSPS) is 12.5. The second-order valence-corrected chi connectivity index (χ2v) is 3.04. The summed E-state index contributed by atoms with van der Waals surface area (Å²) in [5, 5.41) is 17.3. The third-order valence-electron chi connectivity index (χ3n) is 1.87. The number of hydrogen-bond acceptors (Lipinski definition) is 3. The topological polar surface area (TPSA) is 83.5 Å². The van der Waals surface area contributed by atoms with E-state index in [-0.39, 0.29) is 0 Å². The predicted octanol–water partition coefficient (Wildman–Crippen LogP) is 0.625. The molecule has 0 amide bonds. The standard InChI is InChI=1S/C9H9F2NO3/c10-6-1-4(13)2-7(11)5(6)3-8(12)9(14)15/h1-2,8,13H,3,12H2,(H,14,15). The second kappa shape index (κ2) is 4.22. The van der Waals surface area contributed by atoms with Gasteiger partial charge in [0.2, 0.25) is 0 Å². The molecule has 1 aromatic carbocycles. The van der Waals surface area contributed by atoms with Gasteiger partial charge < -0.3 is 15.9 Å². The first-order chi connectivity index (χ1) is 6.91. The van der Waals surface area contributed by atoms with E-state index in [1.165, 1.54) is 0 Å². The van der Waals surface area contributed by atoms with Gasteiger partial charge in [-0.1, -0.05) is 0 Å². The van der Waals surface area contributed by atoms with E-state index in [2.05, 4.69) is 0 Å². The Morgan fingerprint density at radius 1 is 1.40 bits per heavy atom. The van der Waals surface area contributed by atoms with Crippen molar-refractivity contribution in [2.75, 3.05) is 0 Å². The molecule has 0 saturated heterocycles. The van der Waals surface area contributed by atoms with E-state index in [1.54, 1.807) is 0 Å². The predicted molar refractivity (Wildman–Crippen MR) is 47.3 cm³/mol. The van der Waals surface area contributed by atoms with Crippen LogP contribution < -0.4 is 5.73 Å². The van der Waals surface area contributed by atoms with Crippen molar-refractivity contribution in [3.05, 3.63) is 29.3 Å². The summed E-state index contributed by atoms with van der Waals surface area (Å²) in [6, 6.07) is 0.0264. The molecule has 0 saturated carbocycles. The van der Waals surface area contributed by atoms with Crippen LogP contribution in [0, 0.1) is 11.6 Å². The van der Waals surface area contributed by atoms with Crippen molar-refractivity contribution in [2.45, 2.75) is 12.5 Å². The molecule has 15 heavy (non-hydrogen) atoms. The minimum atomic E-state index is -1.38. The molecule has 0 fully saturated rings. The highest BCUT2D eigenvalue weighted by molar-refractivity contribution is 5.73. The summed E-state index contributed by atoms with van der Waals surface area (Å²) < 4.78 is 26.2. The van der Waals surface area contributed by atoms with Gasteiger partial charge in [0, 0.05) is 24.1 Å². The molecule has 0 radical (unpaired) electrons. The average Bonchev–Trinajstić information content (AvgIpc) is 2.10. The number of benzene rings is 1. The Morgan fingerprint density at radius 2 is 1.87 bits per heavy atom. The lowest BCUT2D eigenvalue weighted by Gasteiger charge is -2.08. The number of halogens is 2. The maximum atomic E-state index is 13.1. The zero-order chi connectivity index (χ0) is 11.6. The summed E-state index contributed by atoms with van der Waals surface area (Å²) >= 11 is 0. The minimum Gasteiger partial charge on any atom is -0.508 e. The Labute approximate surface area is 83.9 Å². The third kappa shape index (κ3) is 2.63. The van der Waals surface area contributed by atoms with Crippen molar-refractivity contribution in [3.63, 3.8) is 0 Å². The summed E-state index contributed by atoms with van der Waals surface area (Å²) in [7, 11) is 0. The van der Waals surface area contributed by atoms with Crippen LogP contribution in [-0.2, 0) is 11.2 Å². The molecule has 0 bridgehead atoms. The van der Waals surface area contributed by atoms with E-state index in [1.807, 2.05) is 0 Å². The zero-order valence-electron chi connectivity index (χ0n) is 7.58. The maximum absolute atomic E-state index is 13.1. The monoisotopic (exact) mass is 217 g/mol. The molecule has 4 N–H and O–H groups in total. The second-order valence-electron chi connectivity index (χ2n) is 3.04. The number of carbonyl (C=O) groups is 1. The van der Waals surface area contributed by atoms with Crippen LogP contribution in [-0.4, -0.2) is 22.2 Å². The summed E-state index contributed by atoms with van der Waals surface area (Å²) in [4.78, 5) is 10.4. The molecule has 1 aromatic rings. The van der Waals surface area contributed by atoms with Crippen LogP contribution in [0.5, 0.6) is 5.75 Å². The van der Waals surface area contributed by atoms with Gasteiger partial charge in [-0.2, -0.15) is 0 Å². The lowest BCUT2D eigenvalue weighted by atomic mass is 10.1. The van der Waals surface area contributed by atoms with E-state index < -0.39 is 41.4 Å². The van der Waals surface area contributed by atoms with Crippen molar-refractivity contribution in [2.24, 2.45) is 5.73 Å². The molecule has 0 aromatic heterocycles. The fourth-order valence-electron chi connectivity index (χ4n) is 1.09. The first kappa shape index (κ1) is 11.4. The van der Waals surface area contributed by atoms with Crippen molar-refractivity contribution in [3.8, 4) is 5.75 Å². The highest BCUT2D eigenvalue weighted by atomic mass is 19.1. The Bertz CT molecular complexity index is 372. The zero-order valence-corrected chi connectivity index (χ0v) is 7.58. The Kier molecular flexibility index (Phi) is 3.21. The van der Waals surface area contributed by atoms with Crippen LogP contribution in [0.4, 0.5) is 8.78 Å². The number of carboxylic acids is 1. The quantitative estimate of drug-likeness (QED) is 0.693. The number of carboxylic acid groups (broad SMARTS) is 1. The lowest BCUT2D eigenvalue weighted by Crippen LogP contribution is -2.32. The van der Waals surface area contributed by atoms with Crippen LogP contribution in [0.3, 0.4) is 0 Å². The van der Waals surface area contributed by atoms with E-state index in [0.29, 0.717) is 12.1 Å². The number of aliphatic carboxylic acids is 1. The summed E-state index contributed by atoms with van der Waals surface area (Å²) in [5.41, 5.74) is 4.69. The fraction of sp³-hybridized carbons (Fsp3) is 0.222. The molecular weight excluding hydrogens is 208 g/mol. The molecule has 82 valence electrons. The molecule has 0 heterocycles. The fourth-order valence-corrected chi connectivity index (χ4v) is 1.09. The van der Waals surface area contributed by atoms with E-state index in [9.17, 15) is 13.6 Å². The molecule has 1 rings (SSSR count). The molecule has 1 unspecified atom stereocenters. The largest absolute Gasteiger partial charge is 0.508 e. The SMILES string of the molecule is NC(Cc1c(F)cc(O)cc1F)C(=O)O. The molecule has 1 atom stereocenters. The highest BCUT2D eigenvalue weighted by Crippen LogP contribution is 2.20. The first-order valence-electron chi connectivity index (χ1n) is 4.07. The van der Waals surface area contributed by atoms with Gasteiger partial charge in [0.1, 0.15) is 23.4 Å². The van der Waals surface area contributed by atoms with Crippen LogP contribution in [0.15, 0.2) is 12.1 Å². The van der Waals surface area contributed by atoms with Crippen LogP contribution >= 0.6 is 0 Å². The molecule has 0 aliphatic carbocycles. The van der Waals surface area contributed by atoms with Crippen molar-refractivity contribution in [1.82, 2.24) is 0 Å². The molecular formula is C9H9F2NO3. The maximum Gasteiger partial charge on any atom is 0.320 e. The number of phenolic OH excluding ortho intramolecular Hbond substituents is 1. The van der Waals surface area contributed by atoms with Gasteiger partial charge in [-0.25, -0.2) is 8.78 Å². The van der Waals surface area contributed by atoms with E-state index >= 15 is 0 Å². The van der Waals surface area contributed by atoms with E-state index in [0.717, 1.165) is 0 Å². The van der Waals surface area contributed by atoms with Crippen LogP contribution in [0.1, 0.15) is 5.56 Å². The van der Waals surface area contributed by atoms with Gasteiger partial charge in [-0.3, -0.25) is 4.79 Å². The molecule has 0 aliphatic rings. The molecule has 4 nitrogen and oxygen atoms in total. The number of hydrogen-bond donors (Lipinski definition) is 3. The smallest absolute Gasteiger partial charge is 0.320 e. The Morgan fingerprint density at radius 3 is 2.27 bits per heavy atom. The van der Waals surface area contributed by atoms with Crippen molar-refractivity contribution >= 4 is 5.97 Å². The summed E-state index contributed by atoms with van der Waals surface area (Å²) in [6.45, 7) is 0. The van der Waals surface area contributed by atoms with Crippen molar-refractivity contribution < 1.29 is 23.8 Å². The lowest BCUT2D eigenvalue weighted by molar-refractivity contribution is -0.138. The Hall–Kier alpha value is -1.69. The van der Waals surface area contributed by atoms with Gasteiger partial charge in [-0.05, 0) is 0 Å². The molecule has 0 spiro atoms. The number of nitrogens with two attached hydrogens (primary N) is 1. The summed E-state index contributed by atoms with van der Waals surface area (Å²) in [5.74, 6) is -3.92. The van der Waals surface area contributed by atoms with E-state index in [4.69, 9.17) is 15.9 Å². The minimum absolute atomic E-state index is 0.442. The Balaban J connectivity index is 3.00. The number of rotatable bonds is 3. The van der Waals surface area contributed by atoms with Gasteiger partial charge in [0.15, 0.2) is 0 Å². The van der Waals surface area contributed by atoms with Gasteiger partial charge in [-0.15, -0.1) is 0 Å².